The molecule has 1 N–H and O–H groups in total. The molecule has 2 aliphatic heterocycles. The Kier molecular flexibility index (Phi) is 5.78. The number of quaternary nitrogens is 1. The van der Waals surface area contributed by atoms with Gasteiger partial charge < -0.3 is 26.6 Å². The van der Waals surface area contributed by atoms with Gasteiger partial charge in [-0.3, -0.25) is 0 Å². The number of halogens is 1. The molecule has 0 aromatic carbocycles. The summed E-state index contributed by atoms with van der Waals surface area (Å²) in [5.41, 5.74) is 1.65. The van der Waals surface area contributed by atoms with Gasteiger partial charge in [0.25, 0.3) is 0 Å². The third-order valence-corrected chi connectivity index (χ3v) is 9.32. The highest BCUT2D eigenvalue weighted by atomic mass is 79.9. The summed E-state index contributed by atoms with van der Waals surface area (Å²) in [6.07, 6.45) is 6.13. The molecule has 0 radical (unpaired) electrons. The fourth-order valence-electron chi connectivity index (χ4n) is 5.46. The summed E-state index contributed by atoms with van der Waals surface area (Å²) in [4.78, 5) is 2.31. The zero-order valence-electron chi connectivity index (χ0n) is 16.2. The van der Waals surface area contributed by atoms with Crippen LogP contribution >= 0.6 is 22.7 Å². The van der Waals surface area contributed by atoms with E-state index in [-0.39, 0.29) is 17.0 Å². The van der Waals surface area contributed by atoms with Crippen LogP contribution in [0.2, 0.25) is 0 Å². The Morgan fingerprint density at radius 2 is 1.46 bits per heavy atom. The van der Waals surface area contributed by atoms with Crippen LogP contribution in [-0.4, -0.2) is 35.8 Å². The van der Waals surface area contributed by atoms with Gasteiger partial charge in [0.15, 0.2) is 0 Å². The molecule has 0 unspecified atom stereocenters. The Hall–Kier alpha value is -0.200. The summed E-state index contributed by atoms with van der Waals surface area (Å²) < 4.78 is 1.20. The van der Waals surface area contributed by atoms with Crippen LogP contribution in [-0.2, 0) is 5.60 Å². The number of piperidine rings is 1. The van der Waals surface area contributed by atoms with E-state index >= 15 is 0 Å². The van der Waals surface area contributed by atoms with E-state index in [1.165, 1.54) is 41.3 Å². The van der Waals surface area contributed by atoms with Crippen LogP contribution in [0.4, 0.5) is 0 Å². The van der Waals surface area contributed by atoms with E-state index in [2.05, 4.69) is 50.8 Å². The fourth-order valence-corrected chi connectivity index (χ4v) is 7.61. The molecule has 144 valence electrons. The second kappa shape index (κ2) is 7.32. The monoisotopic (exact) mass is 455 g/mol. The Bertz CT molecular complexity index is 709. The molecule has 2 fully saturated rings. The molecule has 0 aliphatic carbocycles. The zero-order valence-corrected chi connectivity index (χ0v) is 19.4. The second-order valence-corrected chi connectivity index (χ2v) is 10.6. The number of nitrogens with zero attached hydrogens (tertiary/aromatic N) is 1. The lowest BCUT2D eigenvalue weighted by atomic mass is 9.78. The van der Waals surface area contributed by atoms with Crippen LogP contribution in [0.3, 0.4) is 0 Å². The quantitative estimate of drug-likeness (QED) is 0.699. The average molecular weight is 457 g/mol. The number of hydrogen-bond acceptors (Lipinski definition) is 3. The van der Waals surface area contributed by atoms with E-state index < -0.39 is 5.60 Å². The topological polar surface area (TPSA) is 20.2 Å². The van der Waals surface area contributed by atoms with Crippen molar-refractivity contribution in [1.29, 1.82) is 0 Å². The molecule has 26 heavy (non-hydrogen) atoms. The third kappa shape index (κ3) is 3.24. The molecule has 0 spiro atoms. The fraction of sp³-hybridized carbons (Fsp3) is 0.619. The van der Waals surface area contributed by atoms with E-state index in [9.17, 15) is 5.11 Å². The molecule has 2 aliphatic rings. The smallest absolute Gasteiger partial charge is 0.134 e. The number of rotatable bonds is 4. The number of aliphatic hydroxyl groups is 1. The molecule has 3 atom stereocenters. The number of thiophene rings is 2. The molecule has 2 aromatic heterocycles. The van der Waals surface area contributed by atoms with E-state index in [0.717, 1.165) is 28.3 Å². The van der Waals surface area contributed by atoms with E-state index in [4.69, 9.17) is 0 Å². The molecule has 4 heterocycles. The van der Waals surface area contributed by atoms with Gasteiger partial charge in [0.05, 0.1) is 26.2 Å². The van der Waals surface area contributed by atoms with Crippen molar-refractivity contribution in [2.24, 2.45) is 5.92 Å². The van der Waals surface area contributed by atoms with Gasteiger partial charge in [-0.15, -0.1) is 22.7 Å². The third-order valence-electron chi connectivity index (χ3n) is 6.99. The number of aryl methyl sites for hydroxylation is 2. The van der Waals surface area contributed by atoms with Crippen molar-refractivity contribution in [1.82, 2.24) is 0 Å². The van der Waals surface area contributed by atoms with Crippen molar-refractivity contribution in [3.8, 4) is 0 Å². The Morgan fingerprint density at radius 3 is 1.85 bits per heavy atom. The highest BCUT2D eigenvalue weighted by molar-refractivity contribution is 7.12. The van der Waals surface area contributed by atoms with E-state index in [1.807, 2.05) is 0 Å². The molecular formula is C21H30BrNOS2. The van der Waals surface area contributed by atoms with Crippen LogP contribution in [0.25, 0.3) is 0 Å². The van der Waals surface area contributed by atoms with E-state index in [1.54, 1.807) is 22.7 Å². The van der Waals surface area contributed by atoms with Crippen LogP contribution in [0.1, 0.15) is 53.0 Å². The van der Waals surface area contributed by atoms with Crippen LogP contribution < -0.4 is 17.0 Å². The van der Waals surface area contributed by atoms with Crippen molar-refractivity contribution < 1.29 is 26.6 Å². The van der Waals surface area contributed by atoms with Crippen molar-refractivity contribution in [3.63, 3.8) is 0 Å². The van der Waals surface area contributed by atoms with Crippen LogP contribution in [0, 0.1) is 19.8 Å². The molecular weight excluding hydrogens is 426 g/mol. The maximum atomic E-state index is 12.0. The summed E-state index contributed by atoms with van der Waals surface area (Å²) in [6.45, 7) is 4.29. The van der Waals surface area contributed by atoms with Gasteiger partial charge in [-0.05, 0) is 60.2 Å². The molecule has 2 aromatic rings. The Labute approximate surface area is 176 Å². The van der Waals surface area contributed by atoms with Crippen molar-refractivity contribution in [2.75, 3.05) is 14.1 Å². The van der Waals surface area contributed by atoms with Gasteiger partial charge in [-0.25, -0.2) is 0 Å². The van der Waals surface area contributed by atoms with Crippen LogP contribution in [0.5, 0.6) is 0 Å². The first-order valence-electron chi connectivity index (χ1n) is 9.47. The van der Waals surface area contributed by atoms with Gasteiger partial charge in [0, 0.05) is 35.4 Å². The first-order chi connectivity index (χ1) is 11.8. The molecule has 2 bridgehead atoms. The number of hydrogen-bond donors (Lipinski definition) is 1. The summed E-state index contributed by atoms with van der Waals surface area (Å²) >= 11 is 3.44. The lowest BCUT2D eigenvalue weighted by Gasteiger charge is -2.45. The Balaban J connectivity index is 0.00000196. The zero-order chi connectivity index (χ0) is 17.8. The summed E-state index contributed by atoms with van der Waals surface area (Å²) in [5.74, 6) is 0.622. The predicted octanol–water partition coefficient (Wildman–Crippen LogP) is 2.07. The van der Waals surface area contributed by atoms with Gasteiger partial charge in [-0.2, -0.15) is 0 Å². The van der Waals surface area contributed by atoms with Crippen molar-refractivity contribution in [3.05, 3.63) is 43.8 Å². The maximum absolute atomic E-state index is 12.0. The summed E-state index contributed by atoms with van der Waals surface area (Å²) in [7, 11) is 4.83. The number of fused-ring (bicyclic) bond motifs is 2. The van der Waals surface area contributed by atoms with Gasteiger partial charge in [-0.1, -0.05) is 0 Å². The minimum absolute atomic E-state index is 0. The summed E-state index contributed by atoms with van der Waals surface area (Å²) in [5, 5.41) is 16.2. The lowest BCUT2D eigenvalue weighted by molar-refractivity contribution is -0.931. The highest BCUT2D eigenvalue weighted by Gasteiger charge is 2.51. The molecule has 2 nitrogen and oxygen atoms in total. The van der Waals surface area contributed by atoms with Gasteiger partial charge in [0.2, 0.25) is 0 Å². The minimum Gasteiger partial charge on any atom is -1.00 e. The standard InChI is InChI=1S/C21H30NOS2.BrH/c1-14-7-9-24-19(14)21(23,20-15(2)8-10-25-20)13-16-11-17-5-6-18(12-16)22(17,3)4;/h7-10,16-18,23H,5-6,11-13H2,1-4H3;1H/q+1;/p-1/t16-,17+,18-;. The summed E-state index contributed by atoms with van der Waals surface area (Å²) in [6, 6.07) is 5.86. The predicted molar refractivity (Wildman–Crippen MR) is 107 cm³/mol. The van der Waals surface area contributed by atoms with Crippen molar-refractivity contribution in [2.45, 2.75) is 63.6 Å². The maximum Gasteiger partial charge on any atom is 0.134 e. The SMILES string of the molecule is Cc1ccsc1C(O)(C[C@H]1C[C@H]2CC[C@@H](C1)[N+]2(C)C)c1sccc1C.[Br-]. The van der Waals surface area contributed by atoms with Gasteiger partial charge in [0.1, 0.15) is 5.60 Å². The second-order valence-electron chi connectivity index (χ2n) is 8.78. The molecule has 2 saturated heterocycles. The lowest BCUT2D eigenvalue weighted by Crippen LogP contribution is -3.00. The first-order valence-corrected chi connectivity index (χ1v) is 11.2. The van der Waals surface area contributed by atoms with Gasteiger partial charge >= 0.3 is 0 Å². The molecule has 5 heteroatoms. The van der Waals surface area contributed by atoms with Crippen LogP contribution in [0.15, 0.2) is 22.9 Å². The molecule has 0 amide bonds. The molecule has 4 rings (SSSR count). The minimum atomic E-state index is -0.810. The van der Waals surface area contributed by atoms with Crippen molar-refractivity contribution >= 4 is 22.7 Å². The average Bonchev–Trinajstić information content (AvgIpc) is 3.18. The largest absolute Gasteiger partial charge is 1.00 e. The first kappa shape index (κ1) is 20.5. The Morgan fingerprint density at radius 1 is 1.00 bits per heavy atom. The van der Waals surface area contributed by atoms with E-state index in [0.29, 0.717) is 5.92 Å². The normalized spacial score (nSPS) is 27.3. The molecule has 0 saturated carbocycles. The highest BCUT2D eigenvalue weighted by Crippen LogP contribution is 2.49.